The molecular formula is C12H22O. The first-order chi connectivity index (χ1) is 6.02. The lowest BCUT2D eigenvalue weighted by Gasteiger charge is -2.24. The largest absolute Gasteiger partial charge is 0.389 e. The molecule has 0 spiro atoms. The molecule has 1 heteroatoms. The summed E-state index contributed by atoms with van der Waals surface area (Å²) in [6.45, 7) is 5.77. The van der Waals surface area contributed by atoms with E-state index in [1.165, 1.54) is 19.3 Å². The zero-order chi connectivity index (χ0) is 10.3. The van der Waals surface area contributed by atoms with Crippen molar-refractivity contribution in [1.82, 2.24) is 0 Å². The molecule has 0 saturated carbocycles. The molecule has 76 valence electrons. The Morgan fingerprint density at radius 2 is 1.92 bits per heavy atom. The number of terminal acetylenes is 1. The molecule has 1 nitrogen and oxygen atoms in total. The molecule has 0 aliphatic carbocycles. The van der Waals surface area contributed by atoms with Gasteiger partial charge < -0.3 is 5.11 Å². The highest BCUT2D eigenvalue weighted by Gasteiger charge is 2.23. The maximum Gasteiger partial charge on any atom is 0.0728 e. The summed E-state index contributed by atoms with van der Waals surface area (Å²) in [6, 6.07) is 0. The van der Waals surface area contributed by atoms with Gasteiger partial charge in [0, 0.05) is 5.92 Å². The van der Waals surface area contributed by atoms with E-state index in [-0.39, 0.29) is 5.92 Å². The van der Waals surface area contributed by atoms with Crippen molar-refractivity contribution < 1.29 is 5.11 Å². The second kappa shape index (κ2) is 6.05. The quantitative estimate of drug-likeness (QED) is 0.494. The number of unbranched alkanes of at least 4 members (excludes halogenated alkanes) is 3. The molecule has 0 aliphatic rings. The summed E-state index contributed by atoms with van der Waals surface area (Å²) in [5.41, 5.74) is -0.721. The molecule has 0 heterocycles. The van der Waals surface area contributed by atoms with Crippen molar-refractivity contribution in [2.45, 2.75) is 58.5 Å². The second-order valence-corrected chi connectivity index (χ2v) is 4.22. The van der Waals surface area contributed by atoms with E-state index in [0.717, 1.165) is 12.8 Å². The van der Waals surface area contributed by atoms with Crippen LogP contribution < -0.4 is 0 Å². The van der Waals surface area contributed by atoms with Gasteiger partial charge in [-0.3, -0.25) is 0 Å². The SMILES string of the molecule is C#CC(CCCCCC)C(C)(C)O. The number of hydrogen-bond donors (Lipinski definition) is 1. The molecule has 0 amide bonds. The van der Waals surface area contributed by atoms with E-state index in [2.05, 4.69) is 12.8 Å². The Kier molecular flexibility index (Phi) is 5.82. The molecule has 0 radical (unpaired) electrons. The van der Waals surface area contributed by atoms with Crippen LogP contribution in [0.1, 0.15) is 52.9 Å². The van der Waals surface area contributed by atoms with E-state index in [1.807, 2.05) is 0 Å². The first kappa shape index (κ1) is 12.5. The van der Waals surface area contributed by atoms with Crippen molar-refractivity contribution in [2.24, 2.45) is 5.92 Å². The first-order valence-electron chi connectivity index (χ1n) is 5.20. The molecule has 0 aromatic carbocycles. The highest BCUT2D eigenvalue weighted by Crippen LogP contribution is 2.21. The van der Waals surface area contributed by atoms with Gasteiger partial charge in [-0.1, -0.05) is 32.6 Å². The molecule has 0 aromatic heterocycles. The van der Waals surface area contributed by atoms with Crippen LogP contribution in [0.15, 0.2) is 0 Å². The van der Waals surface area contributed by atoms with Gasteiger partial charge in [-0.15, -0.1) is 12.3 Å². The van der Waals surface area contributed by atoms with Gasteiger partial charge in [0.25, 0.3) is 0 Å². The van der Waals surface area contributed by atoms with Crippen LogP contribution in [-0.2, 0) is 0 Å². The third kappa shape index (κ3) is 5.71. The molecule has 0 aliphatic heterocycles. The Labute approximate surface area is 82.5 Å². The molecule has 0 fully saturated rings. The third-order valence-electron chi connectivity index (χ3n) is 2.40. The zero-order valence-electron chi connectivity index (χ0n) is 9.14. The Bertz CT molecular complexity index is 159. The van der Waals surface area contributed by atoms with Crippen LogP contribution in [0.5, 0.6) is 0 Å². The van der Waals surface area contributed by atoms with Crippen LogP contribution in [0.4, 0.5) is 0 Å². The van der Waals surface area contributed by atoms with Crippen LogP contribution in [-0.4, -0.2) is 10.7 Å². The van der Waals surface area contributed by atoms with Gasteiger partial charge in [-0.25, -0.2) is 0 Å². The van der Waals surface area contributed by atoms with E-state index < -0.39 is 5.60 Å². The minimum atomic E-state index is -0.721. The average molecular weight is 182 g/mol. The van der Waals surface area contributed by atoms with Crippen LogP contribution in [0.2, 0.25) is 0 Å². The summed E-state index contributed by atoms with van der Waals surface area (Å²) in [6.07, 6.45) is 11.2. The highest BCUT2D eigenvalue weighted by atomic mass is 16.3. The van der Waals surface area contributed by atoms with Gasteiger partial charge in [0.2, 0.25) is 0 Å². The summed E-state index contributed by atoms with van der Waals surface area (Å²) in [5.74, 6) is 2.67. The predicted octanol–water partition coefficient (Wildman–Crippen LogP) is 2.98. The van der Waals surface area contributed by atoms with Crippen molar-refractivity contribution in [2.75, 3.05) is 0 Å². The van der Waals surface area contributed by atoms with Crippen molar-refractivity contribution in [3.8, 4) is 12.3 Å². The normalized spacial score (nSPS) is 13.8. The molecular weight excluding hydrogens is 160 g/mol. The molecule has 0 aromatic rings. The van der Waals surface area contributed by atoms with Gasteiger partial charge in [-0.2, -0.15) is 0 Å². The van der Waals surface area contributed by atoms with Gasteiger partial charge in [0.05, 0.1) is 5.60 Å². The molecule has 1 N–H and O–H groups in total. The Balaban J connectivity index is 3.69. The van der Waals surface area contributed by atoms with Crippen molar-refractivity contribution in [3.05, 3.63) is 0 Å². The molecule has 0 rings (SSSR count). The van der Waals surface area contributed by atoms with Crippen molar-refractivity contribution in [3.63, 3.8) is 0 Å². The second-order valence-electron chi connectivity index (χ2n) is 4.22. The Morgan fingerprint density at radius 1 is 1.31 bits per heavy atom. The maximum absolute atomic E-state index is 9.69. The zero-order valence-corrected chi connectivity index (χ0v) is 9.14. The summed E-state index contributed by atoms with van der Waals surface area (Å²) in [7, 11) is 0. The van der Waals surface area contributed by atoms with E-state index in [9.17, 15) is 5.11 Å². The minimum Gasteiger partial charge on any atom is -0.389 e. The highest BCUT2D eigenvalue weighted by molar-refractivity contribution is 5.00. The topological polar surface area (TPSA) is 20.2 Å². The van der Waals surface area contributed by atoms with Crippen LogP contribution >= 0.6 is 0 Å². The monoisotopic (exact) mass is 182 g/mol. The van der Waals surface area contributed by atoms with E-state index in [1.54, 1.807) is 13.8 Å². The number of aliphatic hydroxyl groups is 1. The fraction of sp³-hybridized carbons (Fsp3) is 0.833. The lowest BCUT2D eigenvalue weighted by molar-refractivity contribution is 0.0366. The fourth-order valence-electron chi connectivity index (χ4n) is 1.42. The van der Waals surface area contributed by atoms with Gasteiger partial charge in [-0.05, 0) is 20.3 Å². The Morgan fingerprint density at radius 3 is 2.31 bits per heavy atom. The smallest absolute Gasteiger partial charge is 0.0728 e. The minimum absolute atomic E-state index is 0.00403. The fourth-order valence-corrected chi connectivity index (χ4v) is 1.42. The lowest BCUT2D eigenvalue weighted by atomic mass is 9.87. The summed E-state index contributed by atoms with van der Waals surface area (Å²) in [5, 5.41) is 9.69. The van der Waals surface area contributed by atoms with Crippen molar-refractivity contribution in [1.29, 1.82) is 0 Å². The first-order valence-corrected chi connectivity index (χ1v) is 5.20. The number of hydrogen-bond acceptors (Lipinski definition) is 1. The van der Waals surface area contributed by atoms with Crippen LogP contribution in [0.3, 0.4) is 0 Å². The maximum atomic E-state index is 9.69. The van der Waals surface area contributed by atoms with Gasteiger partial charge in [0.1, 0.15) is 0 Å². The molecule has 1 atom stereocenters. The summed E-state index contributed by atoms with van der Waals surface area (Å²) < 4.78 is 0. The third-order valence-corrected chi connectivity index (χ3v) is 2.40. The van der Waals surface area contributed by atoms with E-state index >= 15 is 0 Å². The van der Waals surface area contributed by atoms with Gasteiger partial charge in [0.15, 0.2) is 0 Å². The number of rotatable bonds is 6. The van der Waals surface area contributed by atoms with E-state index in [0.29, 0.717) is 0 Å². The van der Waals surface area contributed by atoms with Gasteiger partial charge >= 0.3 is 0 Å². The van der Waals surface area contributed by atoms with E-state index in [4.69, 9.17) is 6.42 Å². The van der Waals surface area contributed by atoms with Crippen molar-refractivity contribution >= 4 is 0 Å². The standard InChI is InChI=1S/C12H22O/c1-5-7-8-9-10-11(6-2)12(3,4)13/h2,11,13H,5,7-10H2,1,3-4H3. The average Bonchev–Trinajstić information content (AvgIpc) is 2.02. The van der Waals surface area contributed by atoms with Crippen LogP contribution in [0.25, 0.3) is 0 Å². The predicted molar refractivity (Wildman–Crippen MR) is 57.4 cm³/mol. The molecule has 0 bridgehead atoms. The Hall–Kier alpha value is -0.480. The summed E-state index contributed by atoms with van der Waals surface area (Å²) >= 11 is 0. The molecule has 0 saturated heterocycles. The molecule has 1 unspecified atom stereocenters. The van der Waals surface area contributed by atoms with Crippen LogP contribution in [0, 0.1) is 18.3 Å². The summed E-state index contributed by atoms with van der Waals surface area (Å²) in [4.78, 5) is 0. The lowest BCUT2D eigenvalue weighted by Crippen LogP contribution is -2.29. The molecule has 13 heavy (non-hydrogen) atoms.